The van der Waals surface area contributed by atoms with Gasteiger partial charge in [0.2, 0.25) is 0 Å². The maximum absolute atomic E-state index is 6.25. The first kappa shape index (κ1) is 12.2. The number of anilines is 1. The van der Waals surface area contributed by atoms with Gasteiger partial charge in [0.25, 0.3) is 0 Å². The topological polar surface area (TPSA) is 38.9 Å². The van der Waals surface area contributed by atoms with Crippen LogP contribution in [-0.4, -0.2) is 4.98 Å². The molecular weight excluding hydrogens is 232 g/mol. The average molecular weight is 249 g/mol. The van der Waals surface area contributed by atoms with Crippen LogP contribution in [0.15, 0.2) is 18.2 Å². The van der Waals surface area contributed by atoms with E-state index in [1.54, 1.807) is 0 Å². The largest absolute Gasteiger partial charge is 0.383 e. The van der Waals surface area contributed by atoms with Gasteiger partial charge in [-0.05, 0) is 24.0 Å². The number of halogens is 1. The van der Waals surface area contributed by atoms with Crippen LogP contribution in [0.1, 0.15) is 31.9 Å². The zero-order valence-corrected chi connectivity index (χ0v) is 11.4. The second-order valence-electron chi connectivity index (χ2n) is 5.44. The van der Waals surface area contributed by atoms with Crippen LogP contribution >= 0.6 is 11.6 Å². The van der Waals surface area contributed by atoms with E-state index in [0.29, 0.717) is 10.8 Å². The predicted molar refractivity (Wildman–Crippen MR) is 74.6 cm³/mol. The molecule has 0 atom stereocenters. The fourth-order valence-electron chi connectivity index (χ4n) is 1.92. The number of nitrogens with zero attached hydrogens (tertiary/aromatic N) is 1. The van der Waals surface area contributed by atoms with Crippen LogP contribution in [-0.2, 0) is 5.41 Å². The maximum atomic E-state index is 6.25. The molecule has 0 bridgehead atoms. The first-order valence-electron chi connectivity index (χ1n) is 5.66. The smallest absolute Gasteiger partial charge is 0.127 e. The number of benzene rings is 1. The van der Waals surface area contributed by atoms with Crippen LogP contribution in [0, 0.1) is 6.92 Å². The Morgan fingerprint density at radius 3 is 2.47 bits per heavy atom. The van der Waals surface area contributed by atoms with Crippen LogP contribution in [0.5, 0.6) is 0 Å². The van der Waals surface area contributed by atoms with E-state index >= 15 is 0 Å². The molecule has 2 aromatic rings. The van der Waals surface area contributed by atoms with Crippen LogP contribution in [0.25, 0.3) is 10.9 Å². The van der Waals surface area contributed by atoms with E-state index in [9.17, 15) is 0 Å². The van der Waals surface area contributed by atoms with Gasteiger partial charge in [-0.15, -0.1) is 0 Å². The highest BCUT2D eigenvalue weighted by Crippen LogP contribution is 2.32. The molecule has 0 aliphatic carbocycles. The van der Waals surface area contributed by atoms with Crippen molar-refractivity contribution in [2.45, 2.75) is 33.1 Å². The van der Waals surface area contributed by atoms with Gasteiger partial charge in [0.1, 0.15) is 5.82 Å². The Kier molecular flexibility index (Phi) is 2.78. The van der Waals surface area contributed by atoms with Gasteiger partial charge in [-0.3, -0.25) is 0 Å². The van der Waals surface area contributed by atoms with Crippen LogP contribution in [0.4, 0.5) is 5.82 Å². The molecule has 1 heterocycles. The minimum Gasteiger partial charge on any atom is -0.383 e. The summed E-state index contributed by atoms with van der Waals surface area (Å²) in [5.74, 6) is 0.567. The lowest BCUT2D eigenvalue weighted by Gasteiger charge is -2.21. The molecule has 0 unspecified atom stereocenters. The van der Waals surface area contributed by atoms with Gasteiger partial charge in [0, 0.05) is 10.9 Å². The summed E-state index contributed by atoms with van der Waals surface area (Å²) in [7, 11) is 0. The Hall–Kier alpha value is -1.28. The van der Waals surface area contributed by atoms with E-state index < -0.39 is 0 Å². The Morgan fingerprint density at radius 2 is 1.88 bits per heavy atom. The van der Waals surface area contributed by atoms with Crippen molar-refractivity contribution in [2.75, 3.05) is 5.73 Å². The maximum Gasteiger partial charge on any atom is 0.127 e. The number of hydrogen-bond donors (Lipinski definition) is 1. The van der Waals surface area contributed by atoms with Crippen molar-refractivity contribution >= 4 is 28.3 Å². The van der Waals surface area contributed by atoms with Gasteiger partial charge >= 0.3 is 0 Å². The normalized spacial score (nSPS) is 12.1. The minimum absolute atomic E-state index is 0.0113. The van der Waals surface area contributed by atoms with Crippen molar-refractivity contribution < 1.29 is 0 Å². The number of nitrogen functional groups attached to an aromatic ring is 1. The number of aromatic nitrogens is 1. The SMILES string of the molecule is Cc1ccc2cc(C(C)(C)C)c(N)nc2c1Cl. The van der Waals surface area contributed by atoms with Crippen molar-refractivity contribution in [3.05, 3.63) is 34.3 Å². The number of rotatable bonds is 0. The van der Waals surface area contributed by atoms with E-state index in [0.717, 1.165) is 22.0 Å². The molecule has 0 aliphatic rings. The molecule has 2 N–H and O–H groups in total. The molecule has 3 heteroatoms. The van der Waals surface area contributed by atoms with Crippen LogP contribution in [0.2, 0.25) is 5.02 Å². The summed E-state index contributed by atoms with van der Waals surface area (Å²) in [5, 5.41) is 1.73. The van der Waals surface area contributed by atoms with E-state index in [1.165, 1.54) is 0 Å². The number of hydrogen-bond acceptors (Lipinski definition) is 2. The standard InChI is InChI=1S/C14H17ClN2/c1-8-5-6-9-7-10(14(2,3)4)13(16)17-12(9)11(8)15/h5-7H,1-4H3,(H2,16,17). The molecule has 2 nitrogen and oxygen atoms in total. The van der Waals surface area contributed by atoms with E-state index in [1.807, 2.05) is 19.1 Å². The summed E-state index contributed by atoms with van der Waals surface area (Å²) in [4.78, 5) is 4.45. The molecule has 0 amide bonds. The van der Waals surface area contributed by atoms with E-state index in [4.69, 9.17) is 17.3 Å². The Balaban J connectivity index is 2.80. The third kappa shape index (κ3) is 2.09. The quantitative estimate of drug-likeness (QED) is 0.763. The fourth-order valence-corrected chi connectivity index (χ4v) is 2.14. The Labute approximate surface area is 107 Å². The highest BCUT2D eigenvalue weighted by molar-refractivity contribution is 6.35. The van der Waals surface area contributed by atoms with Crippen molar-refractivity contribution in [3.8, 4) is 0 Å². The van der Waals surface area contributed by atoms with Gasteiger partial charge in [0.05, 0.1) is 10.5 Å². The van der Waals surface area contributed by atoms with E-state index in [2.05, 4.69) is 31.8 Å². The molecule has 0 aliphatic heterocycles. The van der Waals surface area contributed by atoms with Gasteiger partial charge in [-0.25, -0.2) is 4.98 Å². The summed E-state index contributed by atoms with van der Waals surface area (Å²) in [6.07, 6.45) is 0. The third-order valence-electron chi connectivity index (χ3n) is 2.96. The van der Waals surface area contributed by atoms with Gasteiger partial charge in [-0.1, -0.05) is 44.5 Å². The monoisotopic (exact) mass is 248 g/mol. The predicted octanol–water partition coefficient (Wildman–Crippen LogP) is 4.08. The molecule has 2 rings (SSSR count). The summed E-state index contributed by atoms with van der Waals surface area (Å²) >= 11 is 6.25. The second-order valence-corrected chi connectivity index (χ2v) is 5.82. The molecule has 0 saturated carbocycles. The summed E-state index contributed by atoms with van der Waals surface area (Å²) in [6, 6.07) is 6.14. The first-order chi connectivity index (χ1) is 7.80. The molecule has 1 aromatic carbocycles. The van der Waals surface area contributed by atoms with Gasteiger partial charge < -0.3 is 5.73 Å². The molecule has 0 spiro atoms. The fraction of sp³-hybridized carbons (Fsp3) is 0.357. The first-order valence-corrected chi connectivity index (χ1v) is 6.04. The molecule has 17 heavy (non-hydrogen) atoms. The molecular formula is C14H17ClN2. The third-order valence-corrected chi connectivity index (χ3v) is 3.43. The lowest BCUT2D eigenvalue weighted by molar-refractivity contribution is 0.591. The average Bonchev–Trinajstić information content (AvgIpc) is 2.22. The number of pyridine rings is 1. The van der Waals surface area contributed by atoms with Crippen molar-refractivity contribution in [3.63, 3.8) is 0 Å². The summed E-state index contributed by atoms with van der Waals surface area (Å²) in [6.45, 7) is 8.35. The van der Waals surface area contributed by atoms with Gasteiger partial charge in [0.15, 0.2) is 0 Å². The molecule has 1 aromatic heterocycles. The van der Waals surface area contributed by atoms with Crippen LogP contribution < -0.4 is 5.73 Å². The number of fused-ring (bicyclic) bond motifs is 1. The second kappa shape index (κ2) is 3.88. The lowest BCUT2D eigenvalue weighted by Crippen LogP contribution is -2.15. The van der Waals surface area contributed by atoms with Gasteiger partial charge in [-0.2, -0.15) is 0 Å². The number of nitrogens with two attached hydrogens (primary N) is 1. The highest BCUT2D eigenvalue weighted by Gasteiger charge is 2.19. The Bertz CT molecular complexity index is 583. The van der Waals surface area contributed by atoms with Crippen molar-refractivity contribution in [2.24, 2.45) is 0 Å². The van der Waals surface area contributed by atoms with E-state index in [-0.39, 0.29) is 5.41 Å². The van der Waals surface area contributed by atoms with Crippen molar-refractivity contribution in [1.82, 2.24) is 4.98 Å². The zero-order valence-electron chi connectivity index (χ0n) is 10.6. The zero-order chi connectivity index (χ0) is 12.8. The minimum atomic E-state index is -0.0113. The van der Waals surface area contributed by atoms with Crippen LogP contribution in [0.3, 0.4) is 0 Å². The molecule has 90 valence electrons. The lowest BCUT2D eigenvalue weighted by atomic mass is 9.86. The summed E-state index contributed by atoms with van der Waals surface area (Å²) in [5.41, 5.74) is 8.88. The number of aryl methyl sites for hydroxylation is 1. The Morgan fingerprint density at radius 1 is 1.24 bits per heavy atom. The summed E-state index contributed by atoms with van der Waals surface area (Å²) < 4.78 is 0. The highest BCUT2D eigenvalue weighted by atomic mass is 35.5. The molecule has 0 fully saturated rings. The molecule has 0 radical (unpaired) electrons. The molecule has 0 saturated heterocycles. The van der Waals surface area contributed by atoms with Crippen molar-refractivity contribution in [1.29, 1.82) is 0 Å².